The summed E-state index contributed by atoms with van der Waals surface area (Å²) in [5, 5.41) is 10.7. The van der Waals surface area contributed by atoms with Crippen molar-refractivity contribution in [2.24, 2.45) is 10.8 Å². The first-order valence-electron chi connectivity index (χ1n) is 12.7. The summed E-state index contributed by atoms with van der Waals surface area (Å²) in [5.41, 5.74) is 2.68. The Balaban J connectivity index is 1.26. The van der Waals surface area contributed by atoms with Gasteiger partial charge in [0.25, 0.3) is 0 Å². The zero-order chi connectivity index (χ0) is 25.1. The average molecular weight is 494 g/mol. The molecule has 4 aliphatic rings. The van der Waals surface area contributed by atoms with E-state index >= 15 is 0 Å². The van der Waals surface area contributed by atoms with Crippen molar-refractivity contribution in [1.29, 1.82) is 0 Å². The Labute approximate surface area is 207 Å². The molecule has 0 atom stereocenters. The Hall–Kier alpha value is -3.29. The maximum Gasteiger partial charge on any atom is 0.309 e. The highest BCUT2D eigenvalue weighted by molar-refractivity contribution is 5.84. The van der Waals surface area contributed by atoms with Crippen molar-refractivity contribution in [2.45, 2.75) is 64.5 Å². The lowest BCUT2D eigenvalue weighted by Gasteiger charge is -2.51. The summed E-state index contributed by atoms with van der Waals surface area (Å²) in [6, 6.07) is 7.42. The number of fused-ring (bicyclic) bond motifs is 6. The number of aromatic nitrogens is 2. The van der Waals surface area contributed by atoms with Crippen LogP contribution in [0.15, 0.2) is 36.5 Å². The maximum absolute atomic E-state index is 13.9. The number of carbonyl (C=O) groups excluding carboxylic acids is 1. The van der Waals surface area contributed by atoms with Crippen LogP contribution >= 0.6 is 0 Å². The molecule has 6 nitrogen and oxygen atoms in total. The van der Waals surface area contributed by atoms with Crippen LogP contribution in [0.25, 0.3) is 11.0 Å². The predicted octanol–water partition coefficient (Wildman–Crippen LogP) is 5.06. The molecule has 0 unspecified atom stereocenters. The second kappa shape index (κ2) is 8.39. The summed E-state index contributed by atoms with van der Waals surface area (Å²) in [5.74, 6) is -1.82. The van der Waals surface area contributed by atoms with E-state index in [9.17, 15) is 23.5 Å². The number of hydrogen-bond donors (Lipinski definition) is 1. The first kappa shape index (κ1) is 23.1. The molecule has 0 spiro atoms. The molecular formula is C28H29F2N3O3. The minimum Gasteiger partial charge on any atom is -0.481 e. The molecule has 1 aromatic carbocycles. The van der Waals surface area contributed by atoms with Gasteiger partial charge in [0.05, 0.1) is 12.0 Å². The number of hydrogen-bond acceptors (Lipinski definition) is 3. The van der Waals surface area contributed by atoms with E-state index in [4.69, 9.17) is 0 Å². The normalized spacial score (nSPS) is 25.2. The van der Waals surface area contributed by atoms with Crippen LogP contribution in [0.4, 0.5) is 8.78 Å². The van der Waals surface area contributed by atoms with E-state index in [2.05, 4.69) is 4.98 Å². The van der Waals surface area contributed by atoms with Crippen molar-refractivity contribution in [3.63, 3.8) is 0 Å². The molecule has 0 saturated heterocycles. The number of amides is 1. The number of benzene rings is 1. The molecule has 3 fully saturated rings. The van der Waals surface area contributed by atoms with Gasteiger partial charge in [0.2, 0.25) is 5.91 Å². The minimum absolute atomic E-state index is 0.0953. The summed E-state index contributed by atoms with van der Waals surface area (Å²) >= 11 is 0. The molecule has 3 aromatic rings. The lowest BCUT2D eigenvalue weighted by molar-refractivity contribution is -0.160. The van der Waals surface area contributed by atoms with Crippen LogP contribution in [-0.2, 0) is 29.1 Å². The van der Waals surface area contributed by atoms with Crippen LogP contribution in [0, 0.1) is 22.5 Å². The highest BCUT2D eigenvalue weighted by Crippen LogP contribution is 2.58. The summed E-state index contributed by atoms with van der Waals surface area (Å²) in [4.78, 5) is 31.8. The standard InChI is InChI=1S/C28H29F2N3O3/c29-19-12-18(13-20(30)14-19)16-33-23-17-32(11-3-21(23)22-2-1-10-31-25(22)33)24(34)15-27-4-7-28(8-5-27,9-6-27)26(35)36/h1-2,10,12-14H,3-9,11,15-17H2,(H,35,36). The van der Waals surface area contributed by atoms with Crippen LogP contribution in [0.1, 0.15) is 61.8 Å². The van der Waals surface area contributed by atoms with Gasteiger partial charge in [0, 0.05) is 42.9 Å². The number of pyridine rings is 1. The van der Waals surface area contributed by atoms with Gasteiger partial charge in [-0.25, -0.2) is 13.8 Å². The Morgan fingerprint density at radius 3 is 2.39 bits per heavy atom. The molecule has 3 aliphatic carbocycles. The second-order valence-electron chi connectivity index (χ2n) is 11.0. The van der Waals surface area contributed by atoms with E-state index in [1.807, 2.05) is 21.6 Å². The SMILES string of the molecule is O=C(CC12CCC(C(=O)O)(CC1)CC2)N1CCc2c(n(Cc3cc(F)cc(F)c3)c3ncccc23)C1. The zero-order valence-corrected chi connectivity index (χ0v) is 20.1. The maximum atomic E-state index is 13.9. The fourth-order valence-corrected chi connectivity index (χ4v) is 6.81. The average Bonchev–Trinajstić information content (AvgIpc) is 3.17. The van der Waals surface area contributed by atoms with Crippen molar-refractivity contribution in [1.82, 2.24) is 14.5 Å². The van der Waals surface area contributed by atoms with Gasteiger partial charge < -0.3 is 14.6 Å². The first-order valence-corrected chi connectivity index (χ1v) is 12.7. The van der Waals surface area contributed by atoms with E-state index in [-0.39, 0.29) is 17.9 Å². The second-order valence-corrected chi connectivity index (χ2v) is 11.0. The largest absolute Gasteiger partial charge is 0.481 e. The van der Waals surface area contributed by atoms with Gasteiger partial charge in [-0.1, -0.05) is 0 Å². The number of nitrogens with zero attached hydrogens (tertiary/aromatic N) is 3. The van der Waals surface area contributed by atoms with Crippen molar-refractivity contribution in [3.8, 4) is 0 Å². The number of carboxylic acids is 1. The molecule has 1 amide bonds. The van der Waals surface area contributed by atoms with Crippen LogP contribution < -0.4 is 0 Å². The Morgan fingerprint density at radius 1 is 1.03 bits per heavy atom. The molecule has 1 aliphatic heterocycles. The number of carbonyl (C=O) groups is 2. The molecule has 188 valence electrons. The van der Waals surface area contributed by atoms with Gasteiger partial charge in [0.1, 0.15) is 17.3 Å². The molecule has 1 N–H and O–H groups in total. The number of rotatable bonds is 5. The molecule has 3 heterocycles. The van der Waals surface area contributed by atoms with E-state index in [1.165, 1.54) is 12.1 Å². The van der Waals surface area contributed by atoms with Crippen LogP contribution in [0.2, 0.25) is 0 Å². The summed E-state index contributed by atoms with van der Waals surface area (Å²) < 4.78 is 29.8. The summed E-state index contributed by atoms with van der Waals surface area (Å²) in [6.45, 7) is 1.31. The lowest BCUT2D eigenvalue weighted by atomic mass is 9.53. The first-order chi connectivity index (χ1) is 17.3. The third-order valence-electron chi connectivity index (χ3n) is 9.01. The van der Waals surface area contributed by atoms with Gasteiger partial charge in [-0.05, 0) is 85.8 Å². The Bertz CT molecular complexity index is 1340. The Kier molecular flexibility index (Phi) is 5.39. The lowest BCUT2D eigenvalue weighted by Crippen LogP contribution is -2.48. The van der Waals surface area contributed by atoms with Gasteiger partial charge >= 0.3 is 5.97 Å². The molecule has 3 saturated carbocycles. The fourth-order valence-electron chi connectivity index (χ4n) is 6.81. The van der Waals surface area contributed by atoms with Crippen molar-refractivity contribution >= 4 is 22.9 Å². The highest BCUT2D eigenvalue weighted by atomic mass is 19.1. The van der Waals surface area contributed by atoms with Gasteiger partial charge in [-0.3, -0.25) is 9.59 Å². The van der Waals surface area contributed by atoms with Crippen LogP contribution in [-0.4, -0.2) is 38.0 Å². The van der Waals surface area contributed by atoms with Crippen molar-refractivity contribution in [3.05, 3.63) is 65.0 Å². The molecule has 0 radical (unpaired) electrons. The predicted molar refractivity (Wildman–Crippen MR) is 129 cm³/mol. The smallest absolute Gasteiger partial charge is 0.309 e. The molecule has 8 heteroatoms. The number of aliphatic carboxylic acids is 1. The van der Waals surface area contributed by atoms with E-state index in [0.717, 1.165) is 47.6 Å². The number of halogens is 2. The Morgan fingerprint density at radius 2 is 1.72 bits per heavy atom. The monoisotopic (exact) mass is 493 g/mol. The molecule has 2 aromatic heterocycles. The fraction of sp³-hybridized carbons (Fsp3) is 0.464. The van der Waals surface area contributed by atoms with Gasteiger partial charge in [0.15, 0.2) is 0 Å². The minimum atomic E-state index is -0.690. The summed E-state index contributed by atoms with van der Waals surface area (Å²) in [6.07, 6.45) is 7.20. The van der Waals surface area contributed by atoms with Crippen molar-refractivity contribution < 1.29 is 23.5 Å². The molecular weight excluding hydrogens is 464 g/mol. The molecule has 36 heavy (non-hydrogen) atoms. The quantitative estimate of drug-likeness (QED) is 0.539. The van der Waals surface area contributed by atoms with Crippen molar-refractivity contribution in [2.75, 3.05) is 6.54 Å². The highest BCUT2D eigenvalue weighted by Gasteiger charge is 2.53. The molecule has 2 bridgehead atoms. The zero-order valence-electron chi connectivity index (χ0n) is 20.1. The van der Waals surface area contributed by atoms with Gasteiger partial charge in [-0.2, -0.15) is 0 Å². The van der Waals surface area contributed by atoms with E-state index < -0.39 is 23.0 Å². The van der Waals surface area contributed by atoms with E-state index in [1.54, 1.807) is 6.20 Å². The third kappa shape index (κ3) is 3.78. The molecule has 7 rings (SSSR count). The number of carboxylic acid groups (broad SMARTS) is 1. The topological polar surface area (TPSA) is 75.4 Å². The van der Waals surface area contributed by atoms with Gasteiger partial charge in [-0.15, -0.1) is 0 Å². The van der Waals surface area contributed by atoms with E-state index in [0.29, 0.717) is 50.8 Å². The van der Waals surface area contributed by atoms with Crippen LogP contribution in [0.3, 0.4) is 0 Å². The third-order valence-corrected chi connectivity index (χ3v) is 9.01. The summed E-state index contributed by atoms with van der Waals surface area (Å²) in [7, 11) is 0. The van der Waals surface area contributed by atoms with Crippen LogP contribution in [0.5, 0.6) is 0 Å².